The van der Waals surface area contributed by atoms with Crippen molar-refractivity contribution in [2.24, 2.45) is 5.92 Å². The van der Waals surface area contributed by atoms with Crippen molar-refractivity contribution in [3.63, 3.8) is 0 Å². The Hall–Kier alpha value is -1.55. The average Bonchev–Trinajstić information content (AvgIpc) is 2.68. The molecule has 1 aromatic carbocycles. The molecule has 2 rings (SSSR count). The predicted molar refractivity (Wildman–Crippen MR) is 79.4 cm³/mol. The van der Waals surface area contributed by atoms with Crippen molar-refractivity contribution in [1.82, 2.24) is 9.88 Å². The van der Waals surface area contributed by atoms with Crippen LogP contribution in [0, 0.1) is 5.92 Å². The second kappa shape index (κ2) is 6.06. The summed E-state index contributed by atoms with van der Waals surface area (Å²) < 4.78 is 5.72. The maximum absolute atomic E-state index is 5.72. The molecule has 0 spiro atoms. The number of fused-ring (bicyclic) bond motifs is 1. The van der Waals surface area contributed by atoms with E-state index in [-0.39, 0.29) is 0 Å². The highest BCUT2D eigenvalue weighted by Crippen LogP contribution is 2.20. The number of nitrogens with zero attached hydrogens (tertiary/aromatic N) is 2. The molecule has 4 heteroatoms. The van der Waals surface area contributed by atoms with Gasteiger partial charge in [0.05, 0.1) is 0 Å². The van der Waals surface area contributed by atoms with Crippen molar-refractivity contribution in [2.75, 3.05) is 26.0 Å². The van der Waals surface area contributed by atoms with Crippen molar-refractivity contribution in [3.05, 3.63) is 24.3 Å². The van der Waals surface area contributed by atoms with E-state index in [1.54, 1.807) is 0 Å². The lowest BCUT2D eigenvalue weighted by Crippen LogP contribution is -2.33. The molecule has 0 aliphatic carbocycles. The molecule has 2 aromatic rings. The Morgan fingerprint density at radius 1 is 1.26 bits per heavy atom. The molecule has 1 atom stereocenters. The monoisotopic (exact) mass is 261 g/mol. The van der Waals surface area contributed by atoms with E-state index in [9.17, 15) is 0 Å². The number of nitrogens with one attached hydrogen (secondary N) is 1. The second-order valence-electron chi connectivity index (χ2n) is 5.72. The van der Waals surface area contributed by atoms with E-state index in [0.717, 1.165) is 24.1 Å². The van der Waals surface area contributed by atoms with Gasteiger partial charge < -0.3 is 14.6 Å². The molecular weight excluding hydrogens is 238 g/mol. The molecule has 0 radical (unpaired) electrons. The van der Waals surface area contributed by atoms with E-state index in [4.69, 9.17) is 4.42 Å². The van der Waals surface area contributed by atoms with E-state index >= 15 is 0 Å². The van der Waals surface area contributed by atoms with Gasteiger partial charge in [0, 0.05) is 12.6 Å². The van der Waals surface area contributed by atoms with Gasteiger partial charge >= 0.3 is 0 Å². The summed E-state index contributed by atoms with van der Waals surface area (Å²) in [6.45, 7) is 5.43. The molecule has 0 aliphatic heterocycles. The summed E-state index contributed by atoms with van der Waals surface area (Å²) in [5.41, 5.74) is 1.73. The SMILES string of the molecule is CC(C)CC(CN(C)C)Nc1nc2ccccc2o1. The summed E-state index contributed by atoms with van der Waals surface area (Å²) in [5.74, 6) is 0.641. The topological polar surface area (TPSA) is 41.3 Å². The molecule has 1 unspecified atom stereocenters. The van der Waals surface area contributed by atoms with E-state index in [1.165, 1.54) is 0 Å². The lowest BCUT2D eigenvalue weighted by Gasteiger charge is -2.23. The maximum Gasteiger partial charge on any atom is 0.295 e. The number of aromatic nitrogens is 1. The molecule has 1 aromatic heterocycles. The lowest BCUT2D eigenvalue weighted by atomic mass is 10.0. The molecular formula is C15H23N3O. The van der Waals surface area contributed by atoms with E-state index in [2.05, 4.69) is 43.1 Å². The van der Waals surface area contributed by atoms with Crippen molar-refractivity contribution in [2.45, 2.75) is 26.3 Å². The zero-order chi connectivity index (χ0) is 13.8. The summed E-state index contributed by atoms with van der Waals surface area (Å²) in [6.07, 6.45) is 1.09. The first-order valence-corrected chi connectivity index (χ1v) is 6.81. The quantitative estimate of drug-likeness (QED) is 0.867. The standard InChI is InChI=1S/C15H23N3O/c1-11(2)9-12(10-18(3)4)16-15-17-13-7-5-6-8-14(13)19-15/h5-8,11-12H,9-10H2,1-4H3,(H,16,17). The largest absolute Gasteiger partial charge is 0.424 e. The van der Waals surface area contributed by atoms with Crippen LogP contribution < -0.4 is 5.32 Å². The minimum absolute atomic E-state index is 0.350. The highest BCUT2D eigenvalue weighted by Gasteiger charge is 2.15. The molecule has 1 N–H and O–H groups in total. The molecule has 0 fully saturated rings. The van der Waals surface area contributed by atoms with Crippen molar-refractivity contribution in [1.29, 1.82) is 0 Å². The number of benzene rings is 1. The smallest absolute Gasteiger partial charge is 0.295 e. The van der Waals surface area contributed by atoms with Gasteiger partial charge in [0.15, 0.2) is 5.58 Å². The Kier molecular flexibility index (Phi) is 4.43. The summed E-state index contributed by atoms with van der Waals surface area (Å²) >= 11 is 0. The van der Waals surface area contributed by atoms with Crippen LogP contribution in [-0.2, 0) is 0 Å². The highest BCUT2D eigenvalue weighted by molar-refractivity contribution is 5.74. The number of hydrogen-bond donors (Lipinski definition) is 1. The Morgan fingerprint density at radius 2 is 2.00 bits per heavy atom. The van der Waals surface area contributed by atoms with E-state index in [0.29, 0.717) is 18.0 Å². The third kappa shape index (κ3) is 3.96. The number of anilines is 1. The summed E-state index contributed by atoms with van der Waals surface area (Å²) in [5, 5.41) is 3.41. The van der Waals surface area contributed by atoms with Crippen LogP contribution in [0.25, 0.3) is 11.1 Å². The first-order chi connectivity index (χ1) is 9.04. The van der Waals surface area contributed by atoms with Gasteiger partial charge in [-0.05, 0) is 38.6 Å². The van der Waals surface area contributed by atoms with Crippen molar-refractivity contribution in [3.8, 4) is 0 Å². The van der Waals surface area contributed by atoms with Crippen LogP contribution in [0.2, 0.25) is 0 Å². The first-order valence-electron chi connectivity index (χ1n) is 6.81. The van der Waals surface area contributed by atoms with Crippen LogP contribution in [-0.4, -0.2) is 36.6 Å². The second-order valence-corrected chi connectivity index (χ2v) is 5.72. The number of hydrogen-bond acceptors (Lipinski definition) is 4. The van der Waals surface area contributed by atoms with Crippen LogP contribution >= 0.6 is 0 Å². The highest BCUT2D eigenvalue weighted by atomic mass is 16.4. The van der Waals surface area contributed by atoms with Crippen LogP contribution in [0.3, 0.4) is 0 Å². The normalized spacial score (nSPS) is 13.4. The maximum atomic E-state index is 5.72. The Morgan fingerprint density at radius 3 is 2.63 bits per heavy atom. The van der Waals surface area contributed by atoms with E-state index in [1.807, 2.05) is 24.3 Å². The molecule has 19 heavy (non-hydrogen) atoms. The van der Waals surface area contributed by atoms with Crippen molar-refractivity contribution >= 4 is 17.1 Å². The zero-order valence-electron chi connectivity index (χ0n) is 12.2. The van der Waals surface area contributed by atoms with Crippen LogP contribution in [0.1, 0.15) is 20.3 Å². The van der Waals surface area contributed by atoms with Crippen molar-refractivity contribution < 1.29 is 4.42 Å². The van der Waals surface area contributed by atoms with Gasteiger partial charge in [0.25, 0.3) is 6.01 Å². The predicted octanol–water partition coefficient (Wildman–Crippen LogP) is 3.22. The Balaban J connectivity index is 2.10. The van der Waals surface area contributed by atoms with Gasteiger partial charge in [-0.15, -0.1) is 0 Å². The molecule has 4 nitrogen and oxygen atoms in total. The number of likely N-dealkylation sites (N-methyl/N-ethyl adjacent to an activating group) is 1. The fourth-order valence-electron chi connectivity index (χ4n) is 2.30. The van der Waals surface area contributed by atoms with Gasteiger partial charge in [-0.25, -0.2) is 0 Å². The summed E-state index contributed by atoms with van der Waals surface area (Å²) in [6, 6.07) is 8.81. The van der Waals surface area contributed by atoms with Gasteiger partial charge in [-0.2, -0.15) is 4.98 Å². The summed E-state index contributed by atoms with van der Waals surface area (Å²) in [4.78, 5) is 6.65. The number of rotatable bonds is 6. The van der Waals surface area contributed by atoms with Gasteiger partial charge in [0.1, 0.15) is 5.52 Å². The molecule has 0 bridgehead atoms. The van der Waals surface area contributed by atoms with Gasteiger partial charge in [-0.1, -0.05) is 26.0 Å². The molecule has 0 saturated heterocycles. The minimum Gasteiger partial charge on any atom is -0.424 e. The molecule has 0 saturated carbocycles. The number of para-hydroxylation sites is 2. The average molecular weight is 261 g/mol. The van der Waals surface area contributed by atoms with Gasteiger partial charge in [0.2, 0.25) is 0 Å². The first kappa shape index (κ1) is 13.9. The zero-order valence-corrected chi connectivity index (χ0v) is 12.2. The number of oxazole rings is 1. The Bertz CT molecular complexity index is 476. The fourth-order valence-corrected chi connectivity index (χ4v) is 2.30. The molecule has 0 amide bonds. The third-order valence-corrected chi connectivity index (χ3v) is 2.96. The molecule has 104 valence electrons. The third-order valence-electron chi connectivity index (χ3n) is 2.96. The van der Waals surface area contributed by atoms with Crippen LogP contribution in [0.5, 0.6) is 0 Å². The van der Waals surface area contributed by atoms with E-state index < -0.39 is 0 Å². The lowest BCUT2D eigenvalue weighted by molar-refractivity contribution is 0.352. The van der Waals surface area contributed by atoms with Gasteiger partial charge in [-0.3, -0.25) is 0 Å². The molecule has 1 heterocycles. The summed E-state index contributed by atoms with van der Waals surface area (Å²) in [7, 11) is 4.17. The minimum atomic E-state index is 0.350. The Labute approximate surface area is 114 Å². The molecule has 0 aliphatic rings. The van der Waals surface area contributed by atoms with Crippen LogP contribution in [0.4, 0.5) is 6.01 Å². The fraction of sp³-hybridized carbons (Fsp3) is 0.533. The van der Waals surface area contributed by atoms with Crippen LogP contribution in [0.15, 0.2) is 28.7 Å².